The standard InChI is InChI=1S/C24H30N2O6/c1-31-23(29)21(14-8-13-18-9-4-2-5-10-18)26-22(28)15-20(27)16-25-24(30)32-17-19-11-6-3-7-12-19/h2-7,9-12,20-21,27H,8,13-17H2,1H3,(H,25,30)(H,26,28)/t20-,21+/m1/s1. The van der Waals surface area contributed by atoms with Crippen molar-refractivity contribution in [1.29, 1.82) is 0 Å². The average molecular weight is 443 g/mol. The minimum absolute atomic E-state index is 0.104. The maximum Gasteiger partial charge on any atom is 0.407 e. The van der Waals surface area contributed by atoms with Crippen LogP contribution in [0.25, 0.3) is 0 Å². The molecule has 2 rings (SSSR count). The molecule has 0 bridgehead atoms. The lowest BCUT2D eigenvalue weighted by atomic mass is 10.0. The van der Waals surface area contributed by atoms with Crippen molar-refractivity contribution in [3.63, 3.8) is 0 Å². The molecule has 0 fully saturated rings. The third-order valence-electron chi connectivity index (χ3n) is 4.74. The highest BCUT2D eigenvalue weighted by Gasteiger charge is 2.22. The van der Waals surface area contributed by atoms with E-state index in [2.05, 4.69) is 10.6 Å². The molecule has 0 aliphatic heterocycles. The zero-order valence-electron chi connectivity index (χ0n) is 18.2. The maximum absolute atomic E-state index is 12.2. The van der Waals surface area contributed by atoms with E-state index in [9.17, 15) is 19.5 Å². The summed E-state index contributed by atoms with van der Waals surface area (Å²) in [7, 11) is 1.26. The first-order valence-corrected chi connectivity index (χ1v) is 10.5. The van der Waals surface area contributed by atoms with Gasteiger partial charge in [-0.3, -0.25) is 4.79 Å². The van der Waals surface area contributed by atoms with Crippen molar-refractivity contribution in [1.82, 2.24) is 10.6 Å². The molecule has 2 aromatic rings. The number of aliphatic hydroxyl groups excluding tert-OH is 1. The number of aliphatic hydroxyl groups is 1. The first kappa shape index (κ1) is 24.9. The number of carbonyl (C=O) groups is 3. The zero-order valence-corrected chi connectivity index (χ0v) is 18.2. The van der Waals surface area contributed by atoms with Crippen LogP contribution in [0.2, 0.25) is 0 Å². The lowest BCUT2D eigenvalue weighted by Gasteiger charge is -2.18. The second-order valence-electron chi connectivity index (χ2n) is 7.32. The summed E-state index contributed by atoms with van der Waals surface area (Å²) in [5, 5.41) is 15.1. The predicted octanol–water partition coefficient (Wildman–Crippen LogP) is 2.34. The first-order valence-electron chi connectivity index (χ1n) is 10.5. The Hall–Kier alpha value is -3.39. The SMILES string of the molecule is COC(=O)[C@H](CCCc1ccccc1)NC(=O)C[C@@H](O)CNC(=O)OCc1ccccc1. The van der Waals surface area contributed by atoms with E-state index < -0.39 is 30.1 Å². The number of amides is 2. The molecule has 2 amide bonds. The van der Waals surface area contributed by atoms with Gasteiger partial charge < -0.3 is 25.2 Å². The Balaban J connectivity index is 1.69. The Bertz CT molecular complexity index is 844. The van der Waals surface area contributed by atoms with E-state index in [4.69, 9.17) is 9.47 Å². The Morgan fingerprint density at radius 1 is 0.969 bits per heavy atom. The lowest BCUT2D eigenvalue weighted by Crippen LogP contribution is -2.43. The number of rotatable bonds is 12. The number of hydrogen-bond acceptors (Lipinski definition) is 6. The lowest BCUT2D eigenvalue weighted by molar-refractivity contribution is -0.145. The minimum atomic E-state index is -1.12. The monoisotopic (exact) mass is 442 g/mol. The molecule has 0 saturated carbocycles. The number of benzene rings is 2. The van der Waals surface area contributed by atoms with Crippen molar-refractivity contribution < 1.29 is 29.0 Å². The van der Waals surface area contributed by atoms with Gasteiger partial charge >= 0.3 is 12.1 Å². The molecule has 0 heterocycles. The molecule has 3 N–H and O–H groups in total. The maximum atomic E-state index is 12.2. The molecule has 8 heteroatoms. The highest BCUT2D eigenvalue weighted by Crippen LogP contribution is 2.08. The Morgan fingerprint density at radius 3 is 2.22 bits per heavy atom. The molecular weight excluding hydrogens is 412 g/mol. The molecule has 0 spiro atoms. The highest BCUT2D eigenvalue weighted by molar-refractivity contribution is 5.84. The van der Waals surface area contributed by atoms with Gasteiger partial charge in [-0.25, -0.2) is 9.59 Å². The van der Waals surface area contributed by atoms with Gasteiger partial charge in [0.05, 0.1) is 19.6 Å². The Kier molecular flexibility index (Phi) is 10.7. The summed E-state index contributed by atoms with van der Waals surface area (Å²) >= 11 is 0. The number of hydrogen-bond donors (Lipinski definition) is 3. The number of ether oxygens (including phenoxy) is 2. The van der Waals surface area contributed by atoms with Crippen LogP contribution in [0.15, 0.2) is 60.7 Å². The van der Waals surface area contributed by atoms with Gasteiger partial charge in [-0.05, 0) is 30.4 Å². The van der Waals surface area contributed by atoms with E-state index in [0.29, 0.717) is 12.8 Å². The van der Waals surface area contributed by atoms with E-state index in [1.807, 2.05) is 60.7 Å². The van der Waals surface area contributed by atoms with Crippen LogP contribution in [0.4, 0.5) is 4.79 Å². The van der Waals surface area contributed by atoms with E-state index >= 15 is 0 Å². The number of carbonyl (C=O) groups excluding carboxylic acids is 3. The van der Waals surface area contributed by atoms with Gasteiger partial charge in [0, 0.05) is 6.54 Å². The average Bonchev–Trinajstić information content (AvgIpc) is 2.81. The molecule has 0 saturated heterocycles. The van der Waals surface area contributed by atoms with Crippen molar-refractivity contribution in [3.05, 3.63) is 71.8 Å². The van der Waals surface area contributed by atoms with Gasteiger partial charge in [0.15, 0.2) is 0 Å². The van der Waals surface area contributed by atoms with Crippen molar-refractivity contribution >= 4 is 18.0 Å². The van der Waals surface area contributed by atoms with Crippen LogP contribution < -0.4 is 10.6 Å². The van der Waals surface area contributed by atoms with Crippen LogP contribution >= 0.6 is 0 Å². The summed E-state index contributed by atoms with van der Waals surface area (Å²) in [6, 6.07) is 18.2. The molecule has 2 aromatic carbocycles. The molecule has 8 nitrogen and oxygen atoms in total. The van der Waals surface area contributed by atoms with Gasteiger partial charge in [0.1, 0.15) is 12.6 Å². The van der Waals surface area contributed by atoms with Gasteiger partial charge in [-0.1, -0.05) is 60.7 Å². The largest absolute Gasteiger partial charge is 0.467 e. The van der Waals surface area contributed by atoms with Gasteiger partial charge in [-0.2, -0.15) is 0 Å². The Labute approximate surface area is 187 Å². The molecule has 2 atom stereocenters. The molecule has 172 valence electrons. The van der Waals surface area contributed by atoms with Crippen LogP contribution in [0.5, 0.6) is 0 Å². The van der Waals surface area contributed by atoms with Crippen LogP contribution in [-0.4, -0.2) is 48.9 Å². The van der Waals surface area contributed by atoms with Crippen LogP contribution in [-0.2, 0) is 32.1 Å². The molecule has 0 unspecified atom stereocenters. The zero-order chi connectivity index (χ0) is 23.2. The highest BCUT2D eigenvalue weighted by atomic mass is 16.5. The molecule has 0 aliphatic rings. The van der Waals surface area contributed by atoms with Crippen molar-refractivity contribution in [2.45, 2.75) is 44.4 Å². The van der Waals surface area contributed by atoms with E-state index in [1.54, 1.807) is 0 Å². The summed E-state index contributed by atoms with van der Waals surface area (Å²) in [5.41, 5.74) is 1.98. The molecular formula is C24H30N2O6. The quantitative estimate of drug-likeness (QED) is 0.435. The molecule has 32 heavy (non-hydrogen) atoms. The van der Waals surface area contributed by atoms with Crippen molar-refractivity contribution in [2.24, 2.45) is 0 Å². The fourth-order valence-corrected chi connectivity index (χ4v) is 3.06. The number of nitrogens with one attached hydrogen (secondary N) is 2. The molecule has 0 aromatic heterocycles. The van der Waals surface area contributed by atoms with Crippen LogP contribution in [0.1, 0.15) is 30.4 Å². The van der Waals surface area contributed by atoms with Crippen molar-refractivity contribution in [2.75, 3.05) is 13.7 Å². The fourth-order valence-electron chi connectivity index (χ4n) is 3.06. The number of esters is 1. The number of alkyl carbamates (subject to hydrolysis) is 1. The third-order valence-corrected chi connectivity index (χ3v) is 4.74. The minimum Gasteiger partial charge on any atom is -0.467 e. The van der Waals surface area contributed by atoms with Crippen LogP contribution in [0, 0.1) is 0 Å². The fraction of sp³-hybridized carbons (Fsp3) is 0.375. The van der Waals surface area contributed by atoms with Crippen LogP contribution in [0.3, 0.4) is 0 Å². The molecule has 0 aliphatic carbocycles. The smallest absolute Gasteiger partial charge is 0.407 e. The second-order valence-corrected chi connectivity index (χ2v) is 7.32. The summed E-state index contributed by atoms with van der Waals surface area (Å²) in [6.07, 6.45) is -0.231. The number of methoxy groups -OCH3 is 1. The van der Waals surface area contributed by atoms with E-state index in [-0.39, 0.29) is 19.6 Å². The summed E-state index contributed by atoms with van der Waals surface area (Å²) in [5.74, 6) is -1.05. The topological polar surface area (TPSA) is 114 Å². The summed E-state index contributed by atoms with van der Waals surface area (Å²) in [4.78, 5) is 36.0. The van der Waals surface area contributed by atoms with Gasteiger partial charge in [-0.15, -0.1) is 0 Å². The van der Waals surface area contributed by atoms with Gasteiger partial charge in [0.25, 0.3) is 0 Å². The van der Waals surface area contributed by atoms with Gasteiger partial charge in [0.2, 0.25) is 5.91 Å². The van der Waals surface area contributed by atoms with E-state index in [1.165, 1.54) is 7.11 Å². The predicted molar refractivity (Wildman–Crippen MR) is 119 cm³/mol. The van der Waals surface area contributed by atoms with Crippen molar-refractivity contribution in [3.8, 4) is 0 Å². The molecule has 0 radical (unpaired) electrons. The summed E-state index contributed by atoms with van der Waals surface area (Å²) in [6.45, 7) is -0.0506. The first-order chi connectivity index (χ1) is 15.5. The second kappa shape index (κ2) is 13.8. The summed E-state index contributed by atoms with van der Waals surface area (Å²) < 4.78 is 9.83. The third kappa shape index (κ3) is 9.61. The Morgan fingerprint density at radius 2 is 1.59 bits per heavy atom. The van der Waals surface area contributed by atoms with E-state index in [0.717, 1.165) is 17.5 Å². The normalized spacial score (nSPS) is 12.3. The number of aryl methyl sites for hydroxylation is 1.